The molecule has 0 spiro atoms. The van der Waals surface area contributed by atoms with Crippen LogP contribution >= 0.6 is 15.9 Å². The highest BCUT2D eigenvalue weighted by atomic mass is 79.9. The standard InChI is InChI=1S/C8H14BrN/c1-7(2)10(4)6-5-8(3)9/h5-7H,3H2,1-2,4H3/b6-5-. The van der Waals surface area contributed by atoms with Crippen molar-refractivity contribution >= 4 is 15.9 Å². The molecule has 0 aliphatic heterocycles. The van der Waals surface area contributed by atoms with Crippen LogP contribution in [-0.2, 0) is 0 Å². The van der Waals surface area contributed by atoms with Crippen LogP contribution < -0.4 is 0 Å². The van der Waals surface area contributed by atoms with E-state index in [1.54, 1.807) is 0 Å². The van der Waals surface area contributed by atoms with Crippen LogP contribution in [0.1, 0.15) is 13.8 Å². The van der Waals surface area contributed by atoms with Gasteiger partial charge in [-0.25, -0.2) is 0 Å². The molecule has 0 fully saturated rings. The molecule has 0 aliphatic rings. The van der Waals surface area contributed by atoms with Crippen LogP contribution in [0.25, 0.3) is 0 Å². The first-order valence-corrected chi connectivity index (χ1v) is 4.08. The lowest BCUT2D eigenvalue weighted by Gasteiger charge is -2.17. The van der Waals surface area contributed by atoms with Gasteiger partial charge < -0.3 is 4.90 Å². The lowest BCUT2D eigenvalue weighted by molar-refractivity contribution is 0.376. The van der Waals surface area contributed by atoms with Gasteiger partial charge in [0.25, 0.3) is 0 Å². The Balaban J connectivity index is 3.77. The van der Waals surface area contributed by atoms with E-state index in [4.69, 9.17) is 0 Å². The Kier molecular flexibility index (Phi) is 4.45. The van der Waals surface area contributed by atoms with Gasteiger partial charge in [0.05, 0.1) is 0 Å². The van der Waals surface area contributed by atoms with E-state index >= 15 is 0 Å². The highest BCUT2D eigenvalue weighted by Gasteiger charge is 1.94. The summed E-state index contributed by atoms with van der Waals surface area (Å²) < 4.78 is 0.903. The Bertz CT molecular complexity index is 138. The molecule has 0 N–H and O–H groups in total. The fourth-order valence-corrected chi connectivity index (χ4v) is 0.489. The molecule has 0 bridgehead atoms. The number of hydrogen-bond donors (Lipinski definition) is 0. The molecule has 0 saturated carbocycles. The molecule has 0 rings (SSSR count). The van der Waals surface area contributed by atoms with Gasteiger partial charge in [-0.3, -0.25) is 0 Å². The van der Waals surface area contributed by atoms with Crippen molar-refractivity contribution in [2.24, 2.45) is 0 Å². The monoisotopic (exact) mass is 203 g/mol. The van der Waals surface area contributed by atoms with E-state index in [2.05, 4.69) is 41.3 Å². The summed E-state index contributed by atoms with van der Waals surface area (Å²) in [4.78, 5) is 2.12. The van der Waals surface area contributed by atoms with E-state index in [0.717, 1.165) is 4.48 Å². The largest absolute Gasteiger partial charge is 0.378 e. The Morgan fingerprint density at radius 3 is 2.40 bits per heavy atom. The fourth-order valence-electron chi connectivity index (χ4n) is 0.371. The molecule has 2 heteroatoms. The van der Waals surface area contributed by atoms with E-state index < -0.39 is 0 Å². The zero-order chi connectivity index (χ0) is 8.15. The van der Waals surface area contributed by atoms with Crippen molar-refractivity contribution in [2.75, 3.05) is 7.05 Å². The maximum Gasteiger partial charge on any atom is 0.0224 e. The van der Waals surface area contributed by atoms with Gasteiger partial charge in [0.1, 0.15) is 0 Å². The van der Waals surface area contributed by atoms with Crippen LogP contribution in [0.3, 0.4) is 0 Å². The SMILES string of the molecule is C=C(Br)/C=C\N(C)C(C)C. The van der Waals surface area contributed by atoms with Gasteiger partial charge in [0.2, 0.25) is 0 Å². The van der Waals surface area contributed by atoms with Crippen LogP contribution in [0.5, 0.6) is 0 Å². The normalized spacial score (nSPS) is 10.9. The van der Waals surface area contributed by atoms with Crippen LogP contribution in [0.2, 0.25) is 0 Å². The average Bonchev–Trinajstić information content (AvgIpc) is 1.82. The van der Waals surface area contributed by atoms with Crippen LogP contribution in [0, 0.1) is 0 Å². The molecular formula is C8H14BrN. The molecule has 0 amide bonds. The van der Waals surface area contributed by atoms with E-state index in [0.29, 0.717) is 6.04 Å². The summed E-state index contributed by atoms with van der Waals surface area (Å²) in [6.45, 7) is 7.97. The topological polar surface area (TPSA) is 3.24 Å². The molecule has 58 valence electrons. The van der Waals surface area contributed by atoms with Crippen molar-refractivity contribution in [2.45, 2.75) is 19.9 Å². The lowest BCUT2D eigenvalue weighted by Crippen LogP contribution is -2.19. The van der Waals surface area contributed by atoms with Crippen molar-refractivity contribution in [1.82, 2.24) is 4.90 Å². The van der Waals surface area contributed by atoms with Crippen LogP contribution in [0.15, 0.2) is 23.3 Å². The first-order chi connectivity index (χ1) is 4.54. The molecule has 0 saturated heterocycles. The lowest BCUT2D eigenvalue weighted by atomic mass is 10.3. The molecule has 0 atom stereocenters. The van der Waals surface area contributed by atoms with E-state index in [1.165, 1.54) is 0 Å². The second-order valence-corrected chi connectivity index (χ2v) is 3.54. The van der Waals surface area contributed by atoms with E-state index in [-0.39, 0.29) is 0 Å². The van der Waals surface area contributed by atoms with E-state index in [9.17, 15) is 0 Å². The van der Waals surface area contributed by atoms with Gasteiger partial charge in [-0.1, -0.05) is 22.5 Å². The molecule has 10 heavy (non-hydrogen) atoms. The molecule has 0 aromatic rings. The minimum Gasteiger partial charge on any atom is -0.378 e. The summed E-state index contributed by atoms with van der Waals surface area (Å²) in [5, 5.41) is 0. The first-order valence-electron chi connectivity index (χ1n) is 3.28. The third-order valence-corrected chi connectivity index (χ3v) is 1.57. The minimum atomic E-state index is 0.545. The predicted octanol–water partition coefficient (Wildman–Crippen LogP) is 2.75. The maximum absolute atomic E-state index is 3.69. The third kappa shape index (κ3) is 4.62. The van der Waals surface area contributed by atoms with E-state index in [1.807, 2.05) is 19.3 Å². The summed E-state index contributed by atoms with van der Waals surface area (Å²) in [7, 11) is 2.04. The van der Waals surface area contributed by atoms with Gasteiger partial charge in [0, 0.05) is 23.8 Å². The Morgan fingerprint density at radius 2 is 2.10 bits per heavy atom. The summed E-state index contributed by atoms with van der Waals surface area (Å²) in [6, 6.07) is 0.545. The second-order valence-electron chi connectivity index (χ2n) is 2.52. The number of nitrogens with zero attached hydrogens (tertiary/aromatic N) is 1. The molecule has 0 aromatic heterocycles. The second kappa shape index (κ2) is 4.56. The van der Waals surface area contributed by atoms with Gasteiger partial charge >= 0.3 is 0 Å². The average molecular weight is 204 g/mol. The molecule has 1 nitrogen and oxygen atoms in total. The summed E-state index contributed by atoms with van der Waals surface area (Å²) in [6.07, 6.45) is 3.93. The van der Waals surface area contributed by atoms with Gasteiger partial charge in [-0.05, 0) is 19.9 Å². The van der Waals surface area contributed by atoms with Crippen molar-refractivity contribution < 1.29 is 0 Å². The molecule has 0 unspecified atom stereocenters. The third-order valence-electron chi connectivity index (χ3n) is 1.31. The number of hydrogen-bond acceptors (Lipinski definition) is 1. The minimum absolute atomic E-state index is 0.545. The Morgan fingerprint density at radius 1 is 1.60 bits per heavy atom. The molecular weight excluding hydrogens is 190 g/mol. The van der Waals surface area contributed by atoms with Crippen molar-refractivity contribution in [3.63, 3.8) is 0 Å². The first kappa shape index (κ1) is 9.76. The molecule has 0 aromatic carbocycles. The maximum atomic E-state index is 3.69. The highest BCUT2D eigenvalue weighted by Crippen LogP contribution is 2.03. The smallest absolute Gasteiger partial charge is 0.0224 e. The zero-order valence-corrected chi connectivity index (χ0v) is 8.35. The van der Waals surface area contributed by atoms with Crippen molar-refractivity contribution in [3.8, 4) is 0 Å². The van der Waals surface area contributed by atoms with Crippen LogP contribution in [-0.4, -0.2) is 18.0 Å². The summed E-state index contributed by atoms with van der Waals surface area (Å²) in [5.74, 6) is 0. The number of rotatable bonds is 3. The van der Waals surface area contributed by atoms with Gasteiger partial charge in [-0.2, -0.15) is 0 Å². The highest BCUT2D eigenvalue weighted by molar-refractivity contribution is 9.11. The Hall–Kier alpha value is -0.240. The molecule has 0 radical (unpaired) electrons. The molecule has 0 heterocycles. The van der Waals surface area contributed by atoms with Gasteiger partial charge in [0.15, 0.2) is 0 Å². The number of halogens is 1. The van der Waals surface area contributed by atoms with Gasteiger partial charge in [-0.15, -0.1) is 0 Å². The molecule has 0 aliphatic carbocycles. The Labute approximate surface area is 71.5 Å². The fraction of sp³-hybridized carbons (Fsp3) is 0.500. The predicted molar refractivity (Wildman–Crippen MR) is 50.1 cm³/mol. The summed E-state index contributed by atoms with van der Waals surface area (Å²) >= 11 is 3.24. The number of allylic oxidation sites excluding steroid dienone is 2. The van der Waals surface area contributed by atoms with Crippen molar-refractivity contribution in [1.29, 1.82) is 0 Å². The van der Waals surface area contributed by atoms with Crippen LogP contribution in [0.4, 0.5) is 0 Å². The van der Waals surface area contributed by atoms with Crippen molar-refractivity contribution in [3.05, 3.63) is 23.3 Å². The zero-order valence-electron chi connectivity index (χ0n) is 6.76. The summed E-state index contributed by atoms with van der Waals surface area (Å²) in [5.41, 5.74) is 0. The quantitative estimate of drug-likeness (QED) is 0.639.